The largest absolute Gasteiger partial charge is 0.294 e. The van der Waals surface area contributed by atoms with Crippen molar-refractivity contribution >= 4 is 21.5 Å². The van der Waals surface area contributed by atoms with Crippen LogP contribution in [0.25, 0.3) is 0 Å². The van der Waals surface area contributed by atoms with Gasteiger partial charge in [0.05, 0.1) is 10.6 Å². The number of Topliss-reactive ketones (excluding diaryl/α,β-unsaturated/α-hetero) is 1. The minimum Gasteiger partial charge on any atom is -0.294 e. The summed E-state index contributed by atoms with van der Waals surface area (Å²) in [6.45, 7) is 0. The molecule has 0 aliphatic heterocycles. The second kappa shape index (κ2) is 9.03. The standard InChI is InChI=1S/C23H18NO3S/c25-23(20-12-3-1-4-13-20)17-8-7-10-19-11-9-14-21(18-19)24-28(26,27)22-15-5-2-6-16-22/h1-6,9,11-12,14-16,18,24H,8,17H2. The number of carbonyl (C=O) groups excluding carboxylic acids is 1. The van der Waals surface area contributed by atoms with E-state index in [9.17, 15) is 13.2 Å². The molecule has 139 valence electrons. The van der Waals surface area contributed by atoms with Crippen LogP contribution in [0.5, 0.6) is 0 Å². The Morgan fingerprint density at radius 3 is 2.50 bits per heavy atom. The number of anilines is 1. The molecule has 3 aromatic carbocycles. The topological polar surface area (TPSA) is 63.2 Å². The van der Waals surface area contributed by atoms with E-state index in [1.807, 2.05) is 6.07 Å². The molecule has 0 fully saturated rings. The summed E-state index contributed by atoms with van der Waals surface area (Å²) >= 11 is 0. The molecule has 4 nitrogen and oxygen atoms in total. The fourth-order valence-corrected chi connectivity index (χ4v) is 3.59. The molecule has 0 heterocycles. The van der Waals surface area contributed by atoms with Crippen LogP contribution in [-0.2, 0) is 10.0 Å². The first kappa shape index (κ1) is 19.4. The van der Waals surface area contributed by atoms with Crippen LogP contribution >= 0.6 is 0 Å². The van der Waals surface area contributed by atoms with Crippen molar-refractivity contribution in [3.8, 4) is 11.8 Å². The lowest BCUT2D eigenvalue weighted by atomic mass is 10.1. The summed E-state index contributed by atoms with van der Waals surface area (Å²) in [6.07, 6.45) is 0.732. The molecule has 5 heteroatoms. The molecule has 0 bridgehead atoms. The SMILES string of the molecule is O=C(CCC#Cc1cccc(NS(=O)(=O)c2ccccc2)c1)c1[c]cccc1. The van der Waals surface area contributed by atoms with Crippen LogP contribution in [0.3, 0.4) is 0 Å². The Morgan fingerprint density at radius 2 is 1.75 bits per heavy atom. The maximum absolute atomic E-state index is 12.4. The Bertz CT molecular complexity index is 1110. The highest BCUT2D eigenvalue weighted by molar-refractivity contribution is 7.92. The Labute approximate surface area is 165 Å². The highest BCUT2D eigenvalue weighted by Crippen LogP contribution is 2.16. The van der Waals surface area contributed by atoms with Gasteiger partial charge in [-0.1, -0.05) is 60.4 Å². The Morgan fingerprint density at radius 1 is 0.964 bits per heavy atom. The summed E-state index contributed by atoms with van der Waals surface area (Å²) < 4.78 is 27.3. The van der Waals surface area contributed by atoms with Gasteiger partial charge in [0.15, 0.2) is 5.78 Å². The first-order chi connectivity index (χ1) is 13.5. The second-order valence-corrected chi connectivity index (χ2v) is 7.68. The van der Waals surface area contributed by atoms with E-state index >= 15 is 0 Å². The van der Waals surface area contributed by atoms with E-state index in [1.165, 1.54) is 12.1 Å². The molecule has 28 heavy (non-hydrogen) atoms. The molecule has 0 saturated carbocycles. The van der Waals surface area contributed by atoms with Gasteiger partial charge >= 0.3 is 0 Å². The third kappa shape index (κ3) is 5.32. The van der Waals surface area contributed by atoms with E-state index in [4.69, 9.17) is 0 Å². The number of hydrogen-bond donors (Lipinski definition) is 1. The van der Waals surface area contributed by atoms with Crippen molar-refractivity contribution in [2.24, 2.45) is 0 Å². The average Bonchev–Trinajstić information content (AvgIpc) is 2.72. The monoisotopic (exact) mass is 388 g/mol. The lowest BCUT2D eigenvalue weighted by Crippen LogP contribution is -2.12. The van der Waals surface area contributed by atoms with E-state index in [0.29, 0.717) is 29.7 Å². The fraction of sp³-hybridized carbons (Fsp3) is 0.0870. The van der Waals surface area contributed by atoms with Gasteiger partial charge in [-0.2, -0.15) is 0 Å². The second-order valence-electron chi connectivity index (χ2n) is 6.00. The minimum absolute atomic E-state index is 0.000674. The van der Waals surface area contributed by atoms with Gasteiger partial charge < -0.3 is 0 Å². The summed E-state index contributed by atoms with van der Waals surface area (Å²) in [6, 6.07) is 25.0. The summed E-state index contributed by atoms with van der Waals surface area (Å²) in [7, 11) is -3.64. The van der Waals surface area contributed by atoms with Crippen molar-refractivity contribution in [3.63, 3.8) is 0 Å². The molecule has 3 aromatic rings. The summed E-state index contributed by atoms with van der Waals surface area (Å²) in [5.74, 6) is 5.93. The number of carbonyl (C=O) groups is 1. The number of sulfonamides is 1. The predicted octanol–water partition coefficient (Wildman–Crippen LogP) is 4.30. The van der Waals surface area contributed by atoms with Gasteiger partial charge in [0.2, 0.25) is 0 Å². The van der Waals surface area contributed by atoms with E-state index in [2.05, 4.69) is 22.6 Å². The molecule has 0 saturated heterocycles. The quantitative estimate of drug-likeness (QED) is 0.506. The molecule has 0 spiro atoms. The average molecular weight is 388 g/mol. The molecular weight excluding hydrogens is 370 g/mol. The third-order valence-corrected chi connectivity index (χ3v) is 5.28. The number of hydrogen-bond acceptors (Lipinski definition) is 3. The summed E-state index contributed by atoms with van der Waals surface area (Å²) in [5, 5.41) is 0. The number of rotatable bonds is 6. The maximum atomic E-state index is 12.4. The normalized spacial score (nSPS) is 10.6. The number of ketones is 1. The minimum atomic E-state index is -3.64. The fourth-order valence-electron chi connectivity index (χ4n) is 2.52. The van der Waals surface area contributed by atoms with Crippen LogP contribution < -0.4 is 4.72 Å². The van der Waals surface area contributed by atoms with Gasteiger partial charge in [0.1, 0.15) is 0 Å². The highest BCUT2D eigenvalue weighted by Gasteiger charge is 2.13. The molecule has 3 rings (SSSR count). The van der Waals surface area contributed by atoms with Crippen LogP contribution in [0.4, 0.5) is 5.69 Å². The van der Waals surface area contributed by atoms with Gasteiger partial charge in [-0.25, -0.2) is 8.42 Å². The van der Waals surface area contributed by atoms with Crippen molar-refractivity contribution in [3.05, 3.63) is 96.1 Å². The summed E-state index contributed by atoms with van der Waals surface area (Å²) in [5.41, 5.74) is 1.67. The van der Waals surface area contributed by atoms with Gasteiger partial charge in [-0.3, -0.25) is 9.52 Å². The van der Waals surface area contributed by atoms with Gasteiger partial charge in [0.25, 0.3) is 10.0 Å². The van der Waals surface area contributed by atoms with Crippen LogP contribution in [0.1, 0.15) is 28.8 Å². The van der Waals surface area contributed by atoms with Crippen molar-refractivity contribution in [1.29, 1.82) is 0 Å². The first-order valence-corrected chi connectivity index (χ1v) is 10.2. The zero-order chi connectivity index (χ0) is 19.8. The van der Waals surface area contributed by atoms with Gasteiger partial charge in [-0.15, -0.1) is 0 Å². The van der Waals surface area contributed by atoms with Crippen LogP contribution in [0.2, 0.25) is 0 Å². The zero-order valence-corrected chi connectivity index (χ0v) is 15.9. The Hall–Kier alpha value is -3.36. The molecule has 0 aliphatic carbocycles. The van der Waals surface area contributed by atoms with E-state index in [0.717, 1.165) is 0 Å². The van der Waals surface area contributed by atoms with Gasteiger partial charge in [-0.05, 0) is 36.4 Å². The molecule has 0 amide bonds. The van der Waals surface area contributed by atoms with Crippen LogP contribution in [0, 0.1) is 17.9 Å². The number of nitrogens with one attached hydrogen (secondary N) is 1. The lowest BCUT2D eigenvalue weighted by Gasteiger charge is -2.08. The first-order valence-electron chi connectivity index (χ1n) is 8.71. The van der Waals surface area contributed by atoms with Crippen molar-refractivity contribution < 1.29 is 13.2 Å². The summed E-state index contributed by atoms with van der Waals surface area (Å²) in [4.78, 5) is 12.2. The zero-order valence-electron chi connectivity index (χ0n) is 15.1. The van der Waals surface area contributed by atoms with E-state index < -0.39 is 10.0 Å². The Balaban J connectivity index is 1.63. The van der Waals surface area contributed by atoms with E-state index in [1.54, 1.807) is 60.7 Å². The van der Waals surface area contributed by atoms with Crippen molar-refractivity contribution in [2.75, 3.05) is 4.72 Å². The molecule has 0 atom stereocenters. The predicted molar refractivity (Wildman–Crippen MR) is 109 cm³/mol. The number of benzene rings is 3. The molecule has 0 aliphatic rings. The molecule has 0 unspecified atom stereocenters. The Kier molecular flexibility index (Phi) is 6.25. The molecule has 1 radical (unpaired) electrons. The van der Waals surface area contributed by atoms with Crippen molar-refractivity contribution in [1.82, 2.24) is 0 Å². The van der Waals surface area contributed by atoms with Crippen LogP contribution in [-0.4, -0.2) is 14.2 Å². The third-order valence-electron chi connectivity index (χ3n) is 3.89. The van der Waals surface area contributed by atoms with Crippen LogP contribution in [0.15, 0.2) is 83.8 Å². The maximum Gasteiger partial charge on any atom is 0.261 e. The molecular formula is C23H18NO3S. The van der Waals surface area contributed by atoms with Crippen molar-refractivity contribution in [2.45, 2.75) is 17.7 Å². The highest BCUT2D eigenvalue weighted by atomic mass is 32.2. The van der Waals surface area contributed by atoms with Gasteiger partial charge in [0, 0.05) is 24.0 Å². The smallest absolute Gasteiger partial charge is 0.261 e. The lowest BCUT2D eigenvalue weighted by molar-refractivity contribution is 0.0984. The van der Waals surface area contributed by atoms with E-state index in [-0.39, 0.29) is 10.7 Å². The molecule has 1 N–H and O–H groups in total. The molecule has 0 aromatic heterocycles.